The Kier molecular flexibility index (Phi) is 8.76. The fraction of sp³-hybridized carbons (Fsp3) is 0.917. The Morgan fingerprint density at radius 2 is 1.84 bits per heavy atom. The van der Waals surface area contributed by atoms with E-state index in [4.69, 9.17) is 14.6 Å². The third kappa shape index (κ3) is 10.3. The average Bonchev–Trinajstić information content (AvgIpc) is 2.31. The minimum absolute atomic E-state index is 0.133. The Morgan fingerprint density at radius 3 is 2.37 bits per heavy atom. The first-order valence-corrected chi connectivity index (χ1v) is 13.2. The third-order valence-corrected chi connectivity index (χ3v) is 9.07. The SMILES string of the molecule is CCCOC(=O)CCNC[Si](C)(C)O[Si](C)(C)CN. The van der Waals surface area contributed by atoms with E-state index in [1.165, 1.54) is 0 Å². The van der Waals surface area contributed by atoms with Crippen molar-refractivity contribution in [3.8, 4) is 0 Å². The van der Waals surface area contributed by atoms with Crippen molar-refractivity contribution in [2.45, 2.75) is 46.0 Å². The highest BCUT2D eigenvalue weighted by Crippen LogP contribution is 2.12. The van der Waals surface area contributed by atoms with Gasteiger partial charge in [0.2, 0.25) is 0 Å². The molecule has 0 radical (unpaired) electrons. The lowest BCUT2D eigenvalue weighted by molar-refractivity contribution is -0.143. The number of hydrogen-bond donors (Lipinski definition) is 2. The molecule has 3 N–H and O–H groups in total. The number of carbonyl (C=O) groups excluding carboxylic acids is 1. The molecule has 0 saturated carbocycles. The van der Waals surface area contributed by atoms with Crippen molar-refractivity contribution in [3.63, 3.8) is 0 Å². The first kappa shape index (κ1) is 18.8. The van der Waals surface area contributed by atoms with Crippen LogP contribution in [0, 0.1) is 0 Å². The zero-order chi connectivity index (χ0) is 14.9. The first-order chi connectivity index (χ1) is 8.72. The monoisotopic (exact) mass is 306 g/mol. The molecule has 0 fully saturated rings. The highest BCUT2D eigenvalue weighted by molar-refractivity contribution is 6.85. The molecule has 0 bridgehead atoms. The smallest absolute Gasteiger partial charge is 0.307 e. The summed E-state index contributed by atoms with van der Waals surface area (Å²) in [6.07, 6.45) is 2.77. The van der Waals surface area contributed by atoms with Crippen molar-refractivity contribution in [2.24, 2.45) is 5.73 Å². The van der Waals surface area contributed by atoms with Gasteiger partial charge in [-0.1, -0.05) is 6.92 Å². The molecule has 0 aromatic heterocycles. The third-order valence-electron chi connectivity index (χ3n) is 2.57. The standard InChI is InChI=1S/C12H30N2O3Si2/c1-6-9-16-12(15)7-8-14-11-19(4,5)17-18(2,3)10-13/h14H,6-11,13H2,1-5H3. The average molecular weight is 307 g/mol. The molecule has 0 saturated heterocycles. The molecule has 0 spiro atoms. The number of nitrogens with one attached hydrogen (secondary N) is 1. The van der Waals surface area contributed by atoms with Crippen LogP contribution in [0.25, 0.3) is 0 Å². The van der Waals surface area contributed by atoms with Crippen LogP contribution in [0.3, 0.4) is 0 Å². The number of esters is 1. The van der Waals surface area contributed by atoms with Crippen molar-refractivity contribution in [1.29, 1.82) is 0 Å². The Morgan fingerprint density at radius 1 is 1.21 bits per heavy atom. The number of rotatable bonds is 10. The number of nitrogens with two attached hydrogens (primary N) is 1. The van der Waals surface area contributed by atoms with Gasteiger partial charge in [0, 0.05) is 18.9 Å². The van der Waals surface area contributed by atoms with Gasteiger partial charge in [0.15, 0.2) is 16.6 Å². The highest BCUT2D eigenvalue weighted by atomic mass is 28.4. The minimum atomic E-state index is -1.74. The molecule has 0 aliphatic heterocycles. The van der Waals surface area contributed by atoms with Crippen LogP contribution < -0.4 is 11.1 Å². The van der Waals surface area contributed by atoms with Gasteiger partial charge < -0.3 is 19.9 Å². The molecule has 5 nitrogen and oxygen atoms in total. The van der Waals surface area contributed by atoms with E-state index in [2.05, 4.69) is 31.5 Å². The largest absolute Gasteiger partial charge is 0.466 e. The van der Waals surface area contributed by atoms with E-state index in [0.717, 1.165) is 12.6 Å². The molecular weight excluding hydrogens is 276 g/mol. The van der Waals surface area contributed by atoms with Crippen molar-refractivity contribution in [2.75, 3.05) is 25.5 Å². The summed E-state index contributed by atoms with van der Waals surface area (Å²) in [6.45, 7) is 11.8. The van der Waals surface area contributed by atoms with Crippen molar-refractivity contribution in [3.05, 3.63) is 0 Å². The van der Waals surface area contributed by atoms with Crippen LogP contribution >= 0.6 is 0 Å². The maximum absolute atomic E-state index is 11.3. The van der Waals surface area contributed by atoms with Gasteiger partial charge in [-0.15, -0.1) is 0 Å². The summed E-state index contributed by atoms with van der Waals surface area (Å²) in [4.78, 5) is 11.3. The fourth-order valence-electron chi connectivity index (χ4n) is 1.69. The normalized spacial score (nSPS) is 12.5. The quantitative estimate of drug-likeness (QED) is 0.362. The van der Waals surface area contributed by atoms with Gasteiger partial charge in [-0.2, -0.15) is 0 Å². The Bertz CT molecular complexity index is 274. The lowest BCUT2D eigenvalue weighted by atomic mass is 10.4. The summed E-state index contributed by atoms with van der Waals surface area (Å²) in [5.74, 6) is -0.133. The van der Waals surface area contributed by atoms with E-state index < -0.39 is 16.6 Å². The van der Waals surface area contributed by atoms with Gasteiger partial charge in [-0.25, -0.2) is 0 Å². The zero-order valence-electron chi connectivity index (χ0n) is 13.0. The second kappa shape index (κ2) is 8.86. The predicted octanol–water partition coefficient (Wildman–Crippen LogP) is 1.38. The van der Waals surface area contributed by atoms with Gasteiger partial charge in [0.05, 0.1) is 13.0 Å². The molecule has 0 unspecified atom stereocenters. The van der Waals surface area contributed by atoms with E-state index in [9.17, 15) is 4.79 Å². The number of hydrogen-bond acceptors (Lipinski definition) is 5. The van der Waals surface area contributed by atoms with Crippen LogP contribution in [-0.4, -0.2) is 48.1 Å². The summed E-state index contributed by atoms with van der Waals surface area (Å²) in [5.41, 5.74) is 5.73. The van der Waals surface area contributed by atoms with E-state index >= 15 is 0 Å². The molecule has 19 heavy (non-hydrogen) atoms. The molecule has 0 aliphatic rings. The minimum Gasteiger partial charge on any atom is -0.466 e. The molecular formula is C12H30N2O3Si2. The molecule has 0 amide bonds. The van der Waals surface area contributed by atoms with Crippen LogP contribution in [-0.2, 0) is 13.6 Å². The highest BCUT2D eigenvalue weighted by Gasteiger charge is 2.31. The molecule has 0 heterocycles. The molecule has 0 rings (SSSR count). The lowest BCUT2D eigenvalue weighted by Gasteiger charge is -2.33. The zero-order valence-corrected chi connectivity index (χ0v) is 15.0. The van der Waals surface area contributed by atoms with E-state index in [1.54, 1.807) is 0 Å². The van der Waals surface area contributed by atoms with E-state index in [1.807, 2.05) is 6.92 Å². The molecule has 114 valence electrons. The van der Waals surface area contributed by atoms with Gasteiger partial charge >= 0.3 is 5.97 Å². The topological polar surface area (TPSA) is 73.6 Å². The summed E-state index contributed by atoms with van der Waals surface area (Å²) in [6, 6.07) is 0. The Balaban J connectivity index is 3.83. The second-order valence-electron chi connectivity index (χ2n) is 5.97. The molecule has 0 aromatic carbocycles. The van der Waals surface area contributed by atoms with Crippen LogP contribution in [0.1, 0.15) is 19.8 Å². The predicted molar refractivity (Wildman–Crippen MR) is 83.8 cm³/mol. The van der Waals surface area contributed by atoms with Crippen molar-refractivity contribution in [1.82, 2.24) is 5.32 Å². The number of ether oxygens (including phenoxy) is 1. The summed E-state index contributed by atoms with van der Waals surface area (Å²) in [5, 5.41) is 3.30. The lowest BCUT2D eigenvalue weighted by Crippen LogP contribution is -2.54. The second-order valence-corrected chi connectivity index (χ2v) is 14.6. The molecule has 0 aromatic rings. The van der Waals surface area contributed by atoms with Crippen LogP contribution in [0.15, 0.2) is 0 Å². The summed E-state index contributed by atoms with van der Waals surface area (Å²) >= 11 is 0. The molecule has 0 aliphatic carbocycles. The maximum Gasteiger partial charge on any atom is 0.307 e. The maximum atomic E-state index is 11.3. The Hall–Kier alpha value is -0.216. The fourth-order valence-corrected chi connectivity index (χ4v) is 9.08. The van der Waals surface area contributed by atoms with Gasteiger partial charge in [-0.05, 0) is 32.6 Å². The van der Waals surface area contributed by atoms with Crippen molar-refractivity contribution < 1.29 is 13.6 Å². The Labute approximate surface area is 119 Å². The summed E-state index contributed by atoms with van der Waals surface area (Å²) in [7, 11) is -3.44. The van der Waals surface area contributed by atoms with Crippen LogP contribution in [0.2, 0.25) is 26.2 Å². The van der Waals surface area contributed by atoms with E-state index in [0.29, 0.717) is 25.7 Å². The van der Waals surface area contributed by atoms with Crippen LogP contribution in [0.5, 0.6) is 0 Å². The molecule has 7 heteroatoms. The molecule has 0 atom stereocenters. The van der Waals surface area contributed by atoms with Gasteiger partial charge in [0.1, 0.15) is 0 Å². The van der Waals surface area contributed by atoms with Crippen molar-refractivity contribution >= 4 is 22.6 Å². The first-order valence-electron chi connectivity index (χ1n) is 6.99. The van der Waals surface area contributed by atoms with E-state index in [-0.39, 0.29) is 5.97 Å². The van der Waals surface area contributed by atoms with Gasteiger partial charge in [0.25, 0.3) is 0 Å². The summed E-state index contributed by atoms with van der Waals surface area (Å²) < 4.78 is 11.2. The van der Waals surface area contributed by atoms with Crippen LogP contribution in [0.4, 0.5) is 0 Å². The van der Waals surface area contributed by atoms with Gasteiger partial charge in [-0.3, -0.25) is 4.79 Å². The number of carbonyl (C=O) groups is 1.